The molecule has 4 rings (SSSR count). The number of aryl methyl sites for hydroxylation is 1. The van der Waals surface area contributed by atoms with Gasteiger partial charge < -0.3 is 10.1 Å². The molecule has 2 heterocycles. The molecule has 0 saturated carbocycles. The lowest BCUT2D eigenvalue weighted by Gasteiger charge is -2.35. The van der Waals surface area contributed by atoms with Crippen molar-refractivity contribution in [2.75, 3.05) is 26.7 Å². The molecule has 1 saturated heterocycles. The molecule has 178 valence electrons. The van der Waals surface area contributed by atoms with E-state index in [0.29, 0.717) is 12.2 Å². The van der Waals surface area contributed by atoms with Gasteiger partial charge in [-0.15, -0.1) is 0 Å². The van der Waals surface area contributed by atoms with Crippen LogP contribution in [0.3, 0.4) is 0 Å². The number of aromatic nitrogens is 2. The largest absolute Gasteiger partial charge is 0.497 e. The average molecular weight is 465 g/mol. The number of amides is 1. The molecule has 1 aliphatic rings. The van der Waals surface area contributed by atoms with Crippen molar-refractivity contribution in [3.63, 3.8) is 0 Å². The van der Waals surface area contributed by atoms with Crippen LogP contribution in [0.25, 0.3) is 5.69 Å². The highest BCUT2D eigenvalue weighted by Gasteiger charge is 2.24. The third-order valence-electron chi connectivity index (χ3n) is 6.19. The Balaban J connectivity index is 1.58. The van der Waals surface area contributed by atoms with Crippen molar-refractivity contribution in [3.8, 4) is 11.4 Å². The summed E-state index contributed by atoms with van der Waals surface area (Å²) in [5.41, 5.74) is 0.917. The van der Waals surface area contributed by atoms with Crippen molar-refractivity contribution in [1.82, 2.24) is 20.0 Å². The van der Waals surface area contributed by atoms with Gasteiger partial charge in [-0.05, 0) is 62.7 Å². The molecule has 1 aliphatic heterocycles. The van der Waals surface area contributed by atoms with Crippen molar-refractivity contribution >= 4 is 5.91 Å². The second-order valence-electron chi connectivity index (χ2n) is 8.46. The first-order valence-electron chi connectivity index (χ1n) is 11.5. The van der Waals surface area contributed by atoms with Gasteiger partial charge in [0.2, 0.25) is 5.43 Å². The maximum atomic E-state index is 14.3. The number of likely N-dealkylation sites (tertiary alicyclic amines) is 1. The van der Waals surface area contributed by atoms with E-state index >= 15 is 0 Å². The maximum absolute atomic E-state index is 14.3. The van der Waals surface area contributed by atoms with Crippen LogP contribution in [-0.4, -0.2) is 47.3 Å². The molecule has 0 spiro atoms. The third kappa shape index (κ3) is 5.17. The standard InChI is InChI=1S/C26H29FN4O3/c1-18-16-24(32)25(29-31(18)22-9-5-4-8-21(22)27)26(33)28-17-23(30-14-6-3-7-15-30)19-10-12-20(34-2)13-11-19/h4-5,8-13,16,23H,3,6-7,14-15,17H2,1-2H3,(H,28,33)/t23-/m0/s1. The minimum Gasteiger partial charge on any atom is -0.497 e. The van der Waals surface area contributed by atoms with Crippen LogP contribution >= 0.6 is 0 Å². The van der Waals surface area contributed by atoms with Crippen molar-refractivity contribution in [3.05, 3.63) is 87.6 Å². The maximum Gasteiger partial charge on any atom is 0.275 e. The van der Waals surface area contributed by atoms with Crippen molar-refractivity contribution in [2.45, 2.75) is 32.2 Å². The van der Waals surface area contributed by atoms with Crippen LogP contribution in [-0.2, 0) is 0 Å². The van der Waals surface area contributed by atoms with E-state index in [9.17, 15) is 14.0 Å². The topological polar surface area (TPSA) is 76.5 Å². The summed E-state index contributed by atoms with van der Waals surface area (Å²) < 4.78 is 20.9. The van der Waals surface area contributed by atoms with Gasteiger partial charge in [0.05, 0.1) is 13.2 Å². The van der Waals surface area contributed by atoms with Gasteiger partial charge in [0.25, 0.3) is 5.91 Å². The highest BCUT2D eigenvalue weighted by atomic mass is 19.1. The molecule has 1 atom stereocenters. The molecule has 1 N–H and O–H groups in total. The van der Waals surface area contributed by atoms with E-state index in [1.807, 2.05) is 24.3 Å². The highest BCUT2D eigenvalue weighted by molar-refractivity contribution is 5.92. The first-order chi connectivity index (χ1) is 16.5. The molecule has 1 amide bonds. The Labute approximate surface area is 198 Å². The highest BCUT2D eigenvalue weighted by Crippen LogP contribution is 2.26. The van der Waals surface area contributed by atoms with Crippen LogP contribution in [0.5, 0.6) is 5.75 Å². The van der Waals surface area contributed by atoms with Gasteiger partial charge >= 0.3 is 0 Å². The fourth-order valence-corrected chi connectivity index (χ4v) is 4.36. The van der Waals surface area contributed by atoms with E-state index < -0.39 is 17.2 Å². The number of nitrogens with zero attached hydrogens (tertiary/aromatic N) is 3. The van der Waals surface area contributed by atoms with Gasteiger partial charge in [-0.3, -0.25) is 14.5 Å². The number of para-hydroxylation sites is 1. The molecule has 7 nitrogen and oxygen atoms in total. The molecular formula is C26H29FN4O3. The summed E-state index contributed by atoms with van der Waals surface area (Å²) in [5, 5.41) is 7.11. The molecule has 0 aliphatic carbocycles. The molecule has 0 bridgehead atoms. The summed E-state index contributed by atoms with van der Waals surface area (Å²) in [5.74, 6) is -0.300. The molecule has 1 fully saturated rings. The van der Waals surface area contributed by atoms with E-state index in [0.717, 1.165) is 37.2 Å². The number of piperidine rings is 1. The summed E-state index contributed by atoms with van der Waals surface area (Å²) in [6, 6.07) is 15.2. The first kappa shape index (κ1) is 23.6. The number of benzene rings is 2. The van der Waals surface area contributed by atoms with Crippen LogP contribution in [0.1, 0.15) is 47.1 Å². The van der Waals surface area contributed by atoms with E-state index in [1.54, 1.807) is 32.2 Å². The SMILES string of the molecule is COc1ccc([C@H](CNC(=O)c2nn(-c3ccccc3F)c(C)cc2=O)N2CCCCC2)cc1. The molecule has 0 unspecified atom stereocenters. The van der Waals surface area contributed by atoms with Crippen LogP contribution in [0, 0.1) is 12.7 Å². The number of hydrogen-bond donors (Lipinski definition) is 1. The lowest BCUT2D eigenvalue weighted by Crippen LogP contribution is -2.42. The van der Waals surface area contributed by atoms with Crippen molar-refractivity contribution < 1.29 is 13.9 Å². The number of halogens is 1. The van der Waals surface area contributed by atoms with E-state index in [-0.39, 0.29) is 17.4 Å². The number of methoxy groups -OCH3 is 1. The minimum atomic E-state index is -0.578. The first-order valence-corrected chi connectivity index (χ1v) is 11.5. The summed E-state index contributed by atoms with van der Waals surface area (Å²) in [6.45, 7) is 3.85. The van der Waals surface area contributed by atoms with Crippen molar-refractivity contribution in [2.24, 2.45) is 0 Å². The zero-order valence-electron chi connectivity index (χ0n) is 19.5. The minimum absolute atomic E-state index is 0.0469. The fraction of sp³-hybridized carbons (Fsp3) is 0.346. The second-order valence-corrected chi connectivity index (χ2v) is 8.46. The van der Waals surface area contributed by atoms with E-state index in [1.165, 1.54) is 23.2 Å². The molecule has 1 aromatic heterocycles. The fourth-order valence-electron chi connectivity index (χ4n) is 4.36. The summed E-state index contributed by atoms with van der Waals surface area (Å²) >= 11 is 0. The molecule has 8 heteroatoms. The zero-order chi connectivity index (χ0) is 24.1. The Morgan fingerprint density at radius 3 is 2.50 bits per heavy atom. The van der Waals surface area contributed by atoms with Crippen LogP contribution in [0.2, 0.25) is 0 Å². The predicted molar refractivity (Wildman–Crippen MR) is 128 cm³/mol. The average Bonchev–Trinajstić information content (AvgIpc) is 2.86. The molecule has 34 heavy (non-hydrogen) atoms. The smallest absolute Gasteiger partial charge is 0.275 e. The number of rotatable bonds is 7. The summed E-state index contributed by atoms with van der Waals surface area (Å²) in [4.78, 5) is 28.0. The van der Waals surface area contributed by atoms with Gasteiger partial charge in [-0.1, -0.05) is 30.7 Å². The summed E-state index contributed by atoms with van der Waals surface area (Å²) in [6.07, 6.45) is 3.40. The van der Waals surface area contributed by atoms with Crippen LogP contribution < -0.4 is 15.5 Å². The number of carbonyl (C=O) groups excluding carboxylic acids is 1. The van der Waals surface area contributed by atoms with Gasteiger partial charge in [0.15, 0.2) is 5.69 Å². The Bertz CT molecular complexity index is 1200. The molecular weight excluding hydrogens is 435 g/mol. The Morgan fingerprint density at radius 1 is 1.12 bits per heavy atom. The number of carbonyl (C=O) groups is 1. The number of ether oxygens (including phenoxy) is 1. The van der Waals surface area contributed by atoms with Crippen LogP contribution in [0.15, 0.2) is 59.4 Å². The van der Waals surface area contributed by atoms with Gasteiger partial charge in [0, 0.05) is 18.3 Å². The second kappa shape index (κ2) is 10.6. The van der Waals surface area contributed by atoms with E-state index in [2.05, 4.69) is 15.3 Å². The Kier molecular flexibility index (Phi) is 7.37. The lowest BCUT2D eigenvalue weighted by atomic mass is 10.0. The Hall–Kier alpha value is -3.52. The molecule has 2 aromatic carbocycles. The van der Waals surface area contributed by atoms with Crippen molar-refractivity contribution in [1.29, 1.82) is 0 Å². The summed E-state index contributed by atoms with van der Waals surface area (Å²) in [7, 11) is 1.63. The van der Waals surface area contributed by atoms with Crippen LogP contribution in [0.4, 0.5) is 4.39 Å². The number of hydrogen-bond acceptors (Lipinski definition) is 5. The lowest BCUT2D eigenvalue weighted by molar-refractivity contribution is 0.0916. The van der Waals surface area contributed by atoms with Gasteiger partial charge in [-0.2, -0.15) is 5.10 Å². The molecule has 0 radical (unpaired) electrons. The van der Waals surface area contributed by atoms with Gasteiger partial charge in [0.1, 0.15) is 17.3 Å². The number of nitrogens with one attached hydrogen (secondary N) is 1. The third-order valence-corrected chi connectivity index (χ3v) is 6.19. The predicted octanol–water partition coefficient (Wildman–Crippen LogP) is 3.65. The monoisotopic (exact) mass is 464 g/mol. The van der Waals surface area contributed by atoms with Gasteiger partial charge in [-0.25, -0.2) is 9.07 Å². The zero-order valence-corrected chi connectivity index (χ0v) is 19.5. The quantitative estimate of drug-likeness (QED) is 0.578. The van der Waals surface area contributed by atoms with E-state index in [4.69, 9.17) is 4.74 Å². The molecule has 3 aromatic rings. The normalized spacial score (nSPS) is 15.0. The Morgan fingerprint density at radius 2 is 1.82 bits per heavy atom.